The van der Waals surface area contributed by atoms with Crippen molar-refractivity contribution in [1.82, 2.24) is 5.32 Å². The molecule has 3 N–H and O–H groups in total. The molecule has 0 saturated heterocycles. The molecule has 0 aliphatic carbocycles. The normalized spacial score (nSPS) is 13.5. The van der Waals surface area contributed by atoms with Crippen LogP contribution in [0, 0.1) is 0 Å². The molecule has 0 aromatic heterocycles. The fraction of sp³-hybridized carbons (Fsp3) is 1.00. The maximum absolute atomic E-state index is 9.94. The van der Waals surface area contributed by atoms with Gasteiger partial charge in [-0.3, -0.25) is 0 Å². The van der Waals surface area contributed by atoms with Gasteiger partial charge in [0.25, 0.3) is 0 Å². The Kier molecular flexibility index (Phi) is 6.84. The van der Waals surface area contributed by atoms with Gasteiger partial charge in [0.1, 0.15) is 0 Å². The summed E-state index contributed by atoms with van der Waals surface area (Å²) in [6, 6.07) is 0. The van der Waals surface area contributed by atoms with Crippen molar-refractivity contribution >= 4 is 0 Å². The molecule has 0 aromatic carbocycles. The minimum absolute atomic E-state index is 0.0596. The molecule has 1 atom stereocenters. The first kappa shape index (κ1) is 9.84. The molecule has 61 valence electrons. The Labute approximate surface area is 60.5 Å². The third-order valence-electron chi connectivity index (χ3n) is 1.12. The van der Waals surface area contributed by atoms with E-state index in [-0.39, 0.29) is 19.6 Å². The van der Waals surface area contributed by atoms with Gasteiger partial charge in [-0.15, -0.1) is 0 Å². The summed E-state index contributed by atoms with van der Waals surface area (Å²) in [5.41, 5.74) is 0. The monoisotopic (exact) mass is 148 g/mol. The van der Waals surface area contributed by atoms with Crippen LogP contribution >= 0.6 is 0 Å². The lowest BCUT2D eigenvalue weighted by Gasteiger charge is -2.07. The average Bonchev–Trinajstić information content (AvgIpc) is 1.89. The van der Waals surface area contributed by atoms with Crippen molar-refractivity contribution < 1.29 is 15.3 Å². The highest BCUT2D eigenvalue weighted by atomic mass is 16.3. The van der Waals surface area contributed by atoms with E-state index in [2.05, 4.69) is 5.32 Å². The van der Waals surface area contributed by atoms with Crippen molar-refractivity contribution in [3.8, 4) is 0 Å². The summed E-state index contributed by atoms with van der Waals surface area (Å²) in [4.78, 5) is 0. The first-order valence-corrected chi connectivity index (χ1v) is 3.39. The van der Waals surface area contributed by atoms with E-state index >= 15 is 0 Å². The molecule has 10 heavy (non-hydrogen) atoms. The van der Waals surface area contributed by atoms with Crippen molar-refractivity contribution in [2.45, 2.75) is 12.5 Å². The third-order valence-corrected chi connectivity index (χ3v) is 1.12. The lowest BCUT2D eigenvalue weighted by atomic mass is 10.2. The lowest BCUT2D eigenvalue weighted by molar-refractivity contribution is 0.102. The van der Waals surface area contributed by atoms with Crippen LogP contribution in [-0.4, -0.2) is 42.6 Å². The molecule has 0 aliphatic rings. The fourth-order valence-corrected chi connectivity index (χ4v) is 0.586. The number of nitrogens with one attached hydrogen (secondary N) is 1. The second kappa shape index (κ2) is 6.95. The van der Waals surface area contributed by atoms with Gasteiger partial charge >= 0.3 is 0 Å². The van der Waals surface area contributed by atoms with Crippen molar-refractivity contribution in [2.24, 2.45) is 0 Å². The first-order valence-electron chi connectivity index (χ1n) is 3.39. The fourth-order valence-electron chi connectivity index (χ4n) is 0.586. The minimum Gasteiger partial charge on any atom is -0.395 e. The largest absolute Gasteiger partial charge is 0.395 e. The molecule has 0 aromatic rings. The van der Waals surface area contributed by atoms with Crippen molar-refractivity contribution in [3.63, 3.8) is 0 Å². The standard InChI is InChI=1S/C6H14NO3/c8-3-1-6(10)5-7-2-4-9/h6-7,9-10H,1-5H2. The van der Waals surface area contributed by atoms with Crippen molar-refractivity contribution in [2.75, 3.05) is 26.3 Å². The first-order chi connectivity index (χ1) is 4.81. The van der Waals surface area contributed by atoms with Gasteiger partial charge in [0, 0.05) is 19.5 Å². The summed E-state index contributed by atoms with van der Waals surface area (Å²) in [5, 5.41) is 30.0. The Morgan fingerprint density at radius 3 is 2.70 bits per heavy atom. The van der Waals surface area contributed by atoms with Crippen LogP contribution in [0.15, 0.2) is 0 Å². The summed E-state index contributed by atoms with van der Waals surface area (Å²) >= 11 is 0. The number of hydrogen-bond acceptors (Lipinski definition) is 3. The second-order valence-electron chi connectivity index (χ2n) is 2.07. The smallest absolute Gasteiger partial charge is 0.0847 e. The van der Waals surface area contributed by atoms with Crippen LogP contribution in [0.5, 0.6) is 0 Å². The van der Waals surface area contributed by atoms with Gasteiger partial charge in [0.2, 0.25) is 0 Å². The van der Waals surface area contributed by atoms with Gasteiger partial charge in [0.15, 0.2) is 0 Å². The molecule has 1 unspecified atom stereocenters. The maximum Gasteiger partial charge on any atom is 0.0847 e. The van der Waals surface area contributed by atoms with E-state index in [1.807, 2.05) is 0 Å². The molecule has 4 nitrogen and oxygen atoms in total. The van der Waals surface area contributed by atoms with Crippen LogP contribution in [0.25, 0.3) is 0 Å². The van der Waals surface area contributed by atoms with Gasteiger partial charge in [-0.1, -0.05) is 0 Å². The highest BCUT2D eigenvalue weighted by Gasteiger charge is 2.00. The van der Waals surface area contributed by atoms with Gasteiger partial charge in [-0.25, -0.2) is 5.11 Å². The highest BCUT2D eigenvalue weighted by Crippen LogP contribution is 1.86. The molecule has 0 rings (SSSR count). The average molecular weight is 148 g/mol. The minimum atomic E-state index is -0.566. The van der Waals surface area contributed by atoms with Gasteiger partial charge in [0.05, 0.1) is 19.3 Å². The highest BCUT2D eigenvalue weighted by molar-refractivity contribution is 4.57. The van der Waals surface area contributed by atoms with Crippen LogP contribution in [0.1, 0.15) is 6.42 Å². The van der Waals surface area contributed by atoms with Gasteiger partial charge < -0.3 is 15.5 Å². The van der Waals surface area contributed by atoms with Crippen molar-refractivity contribution in [1.29, 1.82) is 0 Å². The van der Waals surface area contributed by atoms with Crippen molar-refractivity contribution in [3.05, 3.63) is 0 Å². The molecule has 0 bridgehead atoms. The quantitative estimate of drug-likeness (QED) is 0.412. The molecular formula is C6H14NO3. The molecule has 0 spiro atoms. The SMILES string of the molecule is [O]CCC(O)CNCCO. The lowest BCUT2D eigenvalue weighted by Crippen LogP contribution is -2.29. The number of aliphatic hydroxyl groups excluding tert-OH is 2. The predicted octanol–water partition coefficient (Wildman–Crippen LogP) is -1.25. The van der Waals surface area contributed by atoms with Crippen LogP contribution in [0.2, 0.25) is 0 Å². The molecule has 1 radical (unpaired) electrons. The van der Waals surface area contributed by atoms with E-state index in [1.54, 1.807) is 0 Å². The van der Waals surface area contributed by atoms with E-state index in [0.29, 0.717) is 13.1 Å². The van der Waals surface area contributed by atoms with Crippen LogP contribution < -0.4 is 5.32 Å². The second-order valence-corrected chi connectivity index (χ2v) is 2.07. The topological polar surface area (TPSA) is 72.4 Å². The number of aliphatic hydroxyl groups is 2. The van der Waals surface area contributed by atoms with Gasteiger partial charge in [-0.2, -0.15) is 0 Å². The summed E-state index contributed by atoms with van der Waals surface area (Å²) in [5.74, 6) is 0. The van der Waals surface area contributed by atoms with Crippen LogP contribution in [0.4, 0.5) is 0 Å². The van der Waals surface area contributed by atoms with E-state index in [0.717, 1.165) is 0 Å². The molecule has 0 fully saturated rings. The molecular weight excluding hydrogens is 134 g/mol. The Hall–Kier alpha value is -0.160. The summed E-state index contributed by atoms with van der Waals surface area (Å²) in [6.07, 6.45) is -0.289. The van der Waals surface area contributed by atoms with E-state index in [9.17, 15) is 5.11 Å². The summed E-state index contributed by atoms with van der Waals surface area (Å²) in [7, 11) is 0. The van der Waals surface area contributed by atoms with Crippen LogP contribution in [-0.2, 0) is 5.11 Å². The molecule has 4 heteroatoms. The third kappa shape index (κ3) is 5.97. The Morgan fingerprint density at radius 1 is 1.50 bits per heavy atom. The van der Waals surface area contributed by atoms with E-state index in [1.165, 1.54) is 0 Å². The summed E-state index contributed by atoms with van der Waals surface area (Å²) < 4.78 is 0. The molecule has 0 amide bonds. The zero-order valence-electron chi connectivity index (χ0n) is 5.92. The van der Waals surface area contributed by atoms with E-state index < -0.39 is 6.10 Å². The Bertz CT molecular complexity index is 70.0. The number of rotatable bonds is 6. The van der Waals surface area contributed by atoms with Gasteiger partial charge in [-0.05, 0) is 0 Å². The zero-order chi connectivity index (χ0) is 7.82. The van der Waals surface area contributed by atoms with Crippen LogP contribution in [0.3, 0.4) is 0 Å². The Balaban J connectivity index is 2.97. The molecule has 0 heterocycles. The number of hydrogen-bond donors (Lipinski definition) is 3. The zero-order valence-corrected chi connectivity index (χ0v) is 5.92. The van der Waals surface area contributed by atoms with E-state index in [4.69, 9.17) is 10.2 Å². The molecule has 0 aliphatic heterocycles. The maximum atomic E-state index is 9.94. The predicted molar refractivity (Wildman–Crippen MR) is 36.1 cm³/mol. The molecule has 0 saturated carbocycles. The summed E-state index contributed by atoms with van der Waals surface area (Å²) in [6.45, 7) is 0.671. The Morgan fingerprint density at radius 2 is 2.20 bits per heavy atom.